The number of benzene rings is 2. The minimum atomic E-state index is -0.509. The topological polar surface area (TPSA) is 61.4 Å². The number of hydrogen-bond donors (Lipinski definition) is 3. The number of amides is 2. The molecule has 0 radical (unpaired) electrons. The molecule has 4 nitrogen and oxygen atoms in total. The van der Waals surface area contributed by atoms with Gasteiger partial charge in [-0.15, -0.1) is 0 Å². The molecule has 0 aromatic heterocycles. The van der Waals surface area contributed by atoms with Crippen LogP contribution in [0.4, 0.5) is 16.2 Å². The molecule has 0 atom stereocenters. The highest BCUT2D eigenvalue weighted by molar-refractivity contribution is 6.36. The van der Waals surface area contributed by atoms with Crippen LogP contribution >= 0.6 is 23.2 Å². The van der Waals surface area contributed by atoms with Gasteiger partial charge in [-0.2, -0.15) is 0 Å². The number of anilines is 2. The molecule has 2 aromatic rings. The second-order valence-corrected chi connectivity index (χ2v) is 4.56. The first kappa shape index (κ1) is 13.5. The van der Waals surface area contributed by atoms with E-state index in [4.69, 9.17) is 23.2 Å². The Bertz CT molecular complexity index is 617. The van der Waals surface area contributed by atoms with E-state index in [0.717, 1.165) is 0 Å². The number of aromatic hydroxyl groups is 1. The molecule has 0 saturated carbocycles. The lowest BCUT2D eigenvalue weighted by Crippen LogP contribution is -2.19. The van der Waals surface area contributed by atoms with Crippen molar-refractivity contribution in [2.75, 3.05) is 10.6 Å². The van der Waals surface area contributed by atoms with Crippen molar-refractivity contribution < 1.29 is 9.90 Å². The Morgan fingerprint density at radius 2 is 1.68 bits per heavy atom. The number of carbonyl (C=O) groups excluding carboxylic acids is 1. The lowest BCUT2D eigenvalue weighted by molar-refractivity contribution is 0.262. The van der Waals surface area contributed by atoms with Crippen LogP contribution in [-0.2, 0) is 0 Å². The number of phenolic OH excluding ortho intramolecular Hbond substituents is 1. The Balaban J connectivity index is 2.08. The van der Waals surface area contributed by atoms with E-state index in [0.29, 0.717) is 21.4 Å². The number of para-hydroxylation sites is 2. The smallest absolute Gasteiger partial charge is 0.323 e. The van der Waals surface area contributed by atoms with Crippen LogP contribution < -0.4 is 10.6 Å². The fraction of sp³-hybridized carbons (Fsp3) is 0. The second kappa shape index (κ2) is 5.82. The van der Waals surface area contributed by atoms with E-state index in [1.54, 1.807) is 30.3 Å². The molecule has 98 valence electrons. The third kappa shape index (κ3) is 3.53. The molecule has 6 heteroatoms. The summed E-state index contributed by atoms with van der Waals surface area (Å²) >= 11 is 11.7. The number of nitrogens with one attached hydrogen (secondary N) is 2. The van der Waals surface area contributed by atoms with E-state index in [9.17, 15) is 9.90 Å². The molecule has 2 aromatic carbocycles. The zero-order chi connectivity index (χ0) is 13.8. The highest BCUT2D eigenvalue weighted by Crippen LogP contribution is 2.26. The summed E-state index contributed by atoms with van der Waals surface area (Å²) < 4.78 is 0. The molecule has 0 spiro atoms. The summed E-state index contributed by atoms with van der Waals surface area (Å²) in [6, 6.07) is 10.6. The quantitative estimate of drug-likeness (QED) is 0.722. The predicted molar refractivity (Wildman–Crippen MR) is 77.2 cm³/mol. The molecule has 3 N–H and O–H groups in total. The largest absolute Gasteiger partial charge is 0.506 e. The van der Waals surface area contributed by atoms with Gasteiger partial charge in [-0.1, -0.05) is 35.3 Å². The standard InChI is InChI=1S/C13H10Cl2N2O2/c14-8-5-6-10(9(15)7-8)16-13(19)17-11-3-1-2-4-12(11)18/h1-7,18H,(H2,16,17,19). The molecular formula is C13H10Cl2N2O2. The molecule has 0 aliphatic carbocycles. The molecular weight excluding hydrogens is 287 g/mol. The highest BCUT2D eigenvalue weighted by Gasteiger charge is 2.08. The van der Waals surface area contributed by atoms with Gasteiger partial charge < -0.3 is 15.7 Å². The Hall–Kier alpha value is -1.91. The number of urea groups is 1. The van der Waals surface area contributed by atoms with E-state index in [2.05, 4.69) is 10.6 Å². The molecule has 2 rings (SSSR count). The van der Waals surface area contributed by atoms with E-state index in [1.165, 1.54) is 12.1 Å². The van der Waals surface area contributed by atoms with E-state index in [1.807, 2.05) is 0 Å². The van der Waals surface area contributed by atoms with Crippen LogP contribution in [0.2, 0.25) is 10.0 Å². The molecule has 0 aliphatic heterocycles. The lowest BCUT2D eigenvalue weighted by Gasteiger charge is -2.10. The second-order valence-electron chi connectivity index (χ2n) is 3.72. The molecule has 0 fully saturated rings. The average Bonchev–Trinajstić information content (AvgIpc) is 2.36. The maximum atomic E-state index is 11.7. The van der Waals surface area contributed by atoms with Gasteiger partial charge in [-0.25, -0.2) is 4.79 Å². The first-order chi connectivity index (χ1) is 9.06. The molecule has 0 unspecified atom stereocenters. The Kier molecular flexibility index (Phi) is 4.14. The van der Waals surface area contributed by atoms with Crippen LogP contribution in [0.15, 0.2) is 42.5 Å². The zero-order valence-electron chi connectivity index (χ0n) is 9.65. The minimum absolute atomic E-state index is 0.0140. The van der Waals surface area contributed by atoms with Gasteiger partial charge in [0.15, 0.2) is 0 Å². The van der Waals surface area contributed by atoms with Crippen LogP contribution in [0.25, 0.3) is 0 Å². The number of phenols is 1. The van der Waals surface area contributed by atoms with Gasteiger partial charge in [0.05, 0.1) is 16.4 Å². The fourth-order valence-electron chi connectivity index (χ4n) is 1.45. The van der Waals surface area contributed by atoms with Gasteiger partial charge in [0.25, 0.3) is 0 Å². The van der Waals surface area contributed by atoms with Gasteiger partial charge >= 0.3 is 6.03 Å². The predicted octanol–water partition coefficient (Wildman–Crippen LogP) is 4.34. The van der Waals surface area contributed by atoms with Gasteiger partial charge in [0.2, 0.25) is 0 Å². The van der Waals surface area contributed by atoms with Gasteiger partial charge in [0.1, 0.15) is 5.75 Å². The van der Waals surface area contributed by atoms with E-state index < -0.39 is 6.03 Å². The fourth-order valence-corrected chi connectivity index (χ4v) is 1.90. The summed E-state index contributed by atoms with van der Waals surface area (Å²) in [6.45, 7) is 0. The summed E-state index contributed by atoms with van der Waals surface area (Å²) in [5, 5.41) is 15.4. The molecule has 19 heavy (non-hydrogen) atoms. The molecule has 2 amide bonds. The van der Waals surface area contributed by atoms with Crippen molar-refractivity contribution in [2.24, 2.45) is 0 Å². The summed E-state index contributed by atoms with van der Waals surface area (Å²) in [4.78, 5) is 11.7. The van der Waals surface area contributed by atoms with Crippen molar-refractivity contribution in [3.05, 3.63) is 52.5 Å². The molecule has 0 aliphatic rings. The number of rotatable bonds is 2. The van der Waals surface area contributed by atoms with E-state index >= 15 is 0 Å². The third-order valence-electron chi connectivity index (χ3n) is 2.33. The van der Waals surface area contributed by atoms with Crippen LogP contribution in [0, 0.1) is 0 Å². The summed E-state index contributed by atoms with van der Waals surface area (Å²) in [7, 11) is 0. The van der Waals surface area contributed by atoms with Crippen molar-refractivity contribution >= 4 is 40.6 Å². The normalized spacial score (nSPS) is 10.0. The van der Waals surface area contributed by atoms with Crippen molar-refractivity contribution in [3.8, 4) is 5.75 Å². The molecule has 0 heterocycles. The number of carbonyl (C=O) groups is 1. The summed E-state index contributed by atoms with van der Waals surface area (Å²) in [6.07, 6.45) is 0. The zero-order valence-corrected chi connectivity index (χ0v) is 11.2. The van der Waals surface area contributed by atoms with Crippen LogP contribution in [0.3, 0.4) is 0 Å². The van der Waals surface area contributed by atoms with Crippen LogP contribution in [-0.4, -0.2) is 11.1 Å². The minimum Gasteiger partial charge on any atom is -0.506 e. The summed E-state index contributed by atoms with van der Waals surface area (Å²) in [5.41, 5.74) is 0.740. The summed E-state index contributed by atoms with van der Waals surface area (Å²) in [5.74, 6) is -0.0140. The first-order valence-electron chi connectivity index (χ1n) is 5.37. The SMILES string of the molecule is O=C(Nc1ccccc1O)Nc1ccc(Cl)cc1Cl. The highest BCUT2D eigenvalue weighted by atomic mass is 35.5. The maximum absolute atomic E-state index is 11.7. The van der Waals surface area contributed by atoms with Gasteiger partial charge in [-0.05, 0) is 30.3 Å². The Morgan fingerprint density at radius 3 is 2.37 bits per heavy atom. The van der Waals surface area contributed by atoms with Crippen LogP contribution in [0.5, 0.6) is 5.75 Å². The third-order valence-corrected chi connectivity index (χ3v) is 2.88. The average molecular weight is 297 g/mol. The number of hydrogen-bond acceptors (Lipinski definition) is 2. The van der Waals surface area contributed by atoms with E-state index in [-0.39, 0.29) is 5.75 Å². The lowest BCUT2D eigenvalue weighted by atomic mass is 10.3. The van der Waals surface area contributed by atoms with Gasteiger partial charge in [0, 0.05) is 5.02 Å². The number of halogens is 2. The van der Waals surface area contributed by atoms with Crippen molar-refractivity contribution in [1.82, 2.24) is 0 Å². The van der Waals surface area contributed by atoms with Gasteiger partial charge in [-0.3, -0.25) is 0 Å². The van der Waals surface area contributed by atoms with Crippen molar-refractivity contribution in [2.45, 2.75) is 0 Å². The monoisotopic (exact) mass is 296 g/mol. The molecule has 0 bridgehead atoms. The molecule has 0 saturated heterocycles. The Labute approximate surface area is 120 Å². The maximum Gasteiger partial charge on any atom is 0.323 e. The van der Waals surface area contributed by atoms with Crippen molar-refractivity contribution in [1.29, 1.82) is 0 Å². The first-order valence-corrected chi connectivity index (χ1v) is 6.13. The van der Waals surface area contributed by atoms with Crippen molar-refractivity contribution in [3.63, 3.8) is 0 Å². The van der Waals surface area contributed by atoms with Crippen LogP contribution in [0.1, 0.15) is 0 Å². The Morgan fingerprint density at radius 1 is 1.00 bits per heavy atom.